The summed E-state index contributed by atoms with van der Waals surface area (Å²) in [5.74, 6) is -1.42. The van der Waals surface area contributed by atoms with E-state index in [1.807, 2.05) is 6.92 Å². The van der Waals surface area contributed by atoms with Gasteiger partial charge in [0, 0.05) is 0 Å². The molecule has 0 radical (unpaired) electrons. The third kappa shape index (κ3) is 3.61. The van der Waals surface area contributed by atoms with Crippen LogP contribution in [0.25, 0.3) is 0 Å². The van der Waals surface area contributed by atoms with Crippen molar-refractivity contribution in [3.63, 3.8) is 0 Å². The molecule has 24 heavy (non-hydrogen) atoms. The Morgan fingerprint density at radius 2 is 1.83 bits per heavy atom. The van der Waals surface area contributed by atoms with Gasteiger partial charge in [-0.05, 0) is 48.8 Å². The molecule has 7 nitrogen and oxygen atoms in total. The highest BCUT2D eigenvalue weighted by molar-refractivity contribution is 6.38. The lowest BCUT2D eigenvalue weighted by atomic mass is 9.89. The number of rotatable bonds is 4. The Morgan fingerprint density at radius 3 is 2.54 bits per heavy atom. The Bertz CT molecular complexity index is 727. The largest absolute Gasteiger partial charge is 0.341 e. The molecule has 2 N–H and O–H groups in total. The highest BCUT2D eigenvalue weighted by atomic mass is 16.2. The highest BCUT2D eigenvalue weighted by Gasteiger charge is 2.20. The molecule has 0 fully saturated rings. The monoisotopic (exact) mass is 327 g/mol. The minimum Gasteiger partial charge on any atom is -0.341 e. The fourth-order valence-electron chi connectivity index (χ4n) is 3.04. The third-order valence-corrected chi connectivity index (χ3v) is 4.34. The molecule has 7 heteroatoms. The number of amides is 2. The first-order valence-electron chi connectivity index (χ1n) is 8.25. The van der Waals surface area contributed by atoms with Crippen molar-refractivity contribution in [2.45, 2.75) is 45.1 Å². The van der Waals surface area contributed by atoms with Crippen LogP contribution in [0, 0.1) is 0 Å². The molecule has 1 aliphatic rings. The van der Waals surface area contributed by atoms with E-state index in [1.54, 1.807) is 0 Å². The lowest BCUT2D eigenvalue weighted by molar-refractivity contribution is -0.137. The van der Waals surface area contributed by atoms with Gasteiger partial charge in [0.05, 0.1) is 6.04 Å². The summed E-state index contributed by atoms with van der Waals surface area (Å²) >= 11 is 0. The highest BCUT2D eigenvalue weighted by Crippen LogP contribution is 2.26. The van der Waals surface area contributed by atoms with Gasteiger partial charge in [-0.1, -0.05) is 25.1 Å². The quantitative estimate of drug-likeness (QED) is 0.833. The number of nitrogens with one attached hydrogen (secondary N) is 2. The second-order valence-electron chi connectivity index (χ2n) is 5.98. The molecule has 2 aromatic rings. The molecule has 1 aromatic heterocycles. The molecule has 0 saturated carbocycles. The zero-order chi connectivity index (χ0) is 16.9. The Hall–Kier alpha value is -2.70. The molecular formula is C17H21N5O2. The van der Waals surface area contributed by atoms with E-state index in [1.165, 1.54) is 41.3 Å². The Labute approximate surface area is 140 Å². The third-order valence-electron chi connectivity index (χ3n) is 4.34. The number of hydrogen-bond acceptors (Lipinski definition) is 4. The number of nitrogens with zero attached hydrogens (tertiary/aromatic N) is 3. The van der Waals surface area contributed by atoms with Gasteiger partial charge in [0.25, 0.3) is 0 Å². The predicted octanol–water partition coefficient (Wildman–Crippen LogP) is 1.49. The summed E-state index contributed by atoms with van der Waals surface area (Å²) in [4.78, 5) is 24.0. The number of aryl methyl sites for hydroxylation is 2. The summed E-state index contributed by atoms with van der Waals surface area (Å²) < 4.78 is 1.24. The second kappa shape index (κ2) is 7.25. The average molecular weight is 327 g/mol. The van der Waals surface area contributed by atoms with Gasteiger partial charge in [-0.2, -0.15) is 0 Å². The SMILES string of the molecule is CCC(NC(=O)C(=O)Nn1cnnc1)c1ccc2c(c1)CCCC2. The summed E-state index contributed by atoms with van der Waals surface area (Å²) in [5.41, 5.74) is 6.20. The smallest absolute Gasteiger partial charge is 0.328 e. The lowest BCUT2D eigenvalue weighted by Crippen LogP contribution is -2.40. The van der Waals surface area contributed by atoms with E-state index < -0.39 is 11.8 Å². The standard InChI is InChI=1S/C17H21N5O2/c1-2-15(14-8-7-12-5-3-4-6-13(12)9-14)20-16(23)17(24)21-22-10-18-19-11-22/h7-11,15H,2-6H2,1H3,(H,20,23)(H,21,24). The fourth-order valence-corrected chi connectivity index (χ4v) is 3.04. The molecule has 1 unspecified atom stereocenters. The molecule has 0 spiro atoms. The fraction of sp³-hybridized carbons (Fsp3) is 0.412. The molecule has 2 amide bonds. The van der Waals surface area contributed by atoms with Gasteiger partial charge in [-0.15, -0.1) is 10.2 Å². The van der Waals surface area contributed by atoms with Gasteiger partial charge in [0.2, 0.25) is 0 Å². The van der Waals surface area contributed by atoms with Crippen LogP contribution in [0.3, 0.4) is 0 Å². The molecule has 0 aliphatic heterocycles. The van der Waals surface area contributed by atoms with E-state index in [0.29, 0.717) is 6.42 Å². The maximum Gasteiger partial charge on any atom is 0.328 e. The summed E-state index contributed by atoms with van der Waals surface area (Å²) in [6.07, 6.45) is 7.99. The van der Waals surface area contributed by atoms with Crippen molar-refractivity contribution in [1.29, 1.82) is 0 Å². The van der Waals surface area contributed by atoms with Crippen LogP contribution < -0.4 is 10.7 Å². The Balaban J connectivity index is 1.67. The van der Waals surface area contributed by atoms with Crippen LogP contribution in [0.15, 0.2) is 30.9 Å². The number of aromatic nitrogens is 3. The predicted molar refractivity (Wildman–Crippen MR) is 88.6 cm³/mol. The van der Waals surface area contributed by atoms with Gasteiger partial charge >= 0.3 is 11.8 Å². The van der Waals surface area contributed by atoms with E-state index >= 15 is 0 Å². The van der Waals surface area contributed by atoms with Gasteiger partial charge in [-0.3, -0.25) is 15.0 Å². The van der Waals surface area contributed by atoms with Crippen molar-refractivity contribution in [3.05, 3.63) is 47.5 Å². The molecule has 0 bridgehead atoms. The molecule has 1 atom stereocenters. The summed E-state index contributed by atoms with van der Waals surface area (Å²) in [5, 5.41) is 9.93. The van der Waals surface area contributed by atoms with Crippen LogP contribution in [0.1, 0.15) is 48.9 Å². The van der Waals surface area contributed by atoms with E-state index in [2.05, 4.69) is 39.1 Å². The normalized spacial score (nSPS) is 14.5. The first-order valence-corrected chi connectivity index (χ1v) is 8.25. The minimum atomic E-state index is -0.744. The molecule has 1 aromatic carbocycles. The number of carbonyl (C=O) groups is 2. The topological polar surface area (TPSA) is 88.9 Å². The van der Waals surface area contributed by atoms with Gasteiger partial charge < -0.3 is 5.32 Å². The number of fused-ring (bicyclic) bond motifs is 1. The molecule has 0 saturated heterocycles. The van der Waals surface area contributed by atoms with E-state index in [4.69, 9.17) is 0 Å². The average Bonchev–Trinajstić information content (AvgIpc) is 3.12. The van der Waals surface area contributed by atoms with Crippen molar-refractivity contribution in [2.75, 3.05) is 5.43 Å². The minimum absolute atomic E-state index is 0.184. The van der Waals surface area contributed by atoms with E-state index in [9.17, 15) is 9.59 Å². The maximum atomic E-state index is 12.1. The first kappa shape index (κ1) is 16.2. The number of carbonyl (C=O) groups excluding carboxylic acids is 2. The Kier molecular flexibility index (Phi) is 4.88. The Morgan fingerprint density at radius 1 is 1.12 bits per heavy atom. The van der Waals surface area contributed by atoms with E-state index in [-0.39, 0.29) is 6.04 Å². The van der Waals surface area contributed by atoms with Crippen LogP contribution in [0.4, 0.5) is 0 Å². The maximum absolute atomic E-state index is 12.1. The van der Waals surface area contributed by atoms with Gasteiger partial charge in [-0.25, -0.2) is 4.68 Å². The molecule has 1 heterocycles. The van der Waals surface area contributed by atoms with Crippen molar-refractivity contribution in [3.8, 4) is 0 Å². The van der Waals surface area contributed by atoms with Crippen molar-refractivity contribution >= 4 is 11.8 Å². The first-order chi connectivity index (χ1) is 11.7. The van der Waals surface area contributed by atoms with Gasteiger partial charge in [0.1, 0.15) is 12.7 Å². The van der Waals surface area contributed by atoms with Crippen LogP contribution in [0.5, 0.6) is 0 Å². The lowest BCUT2D eigenvalue weighted by Gasteiger charge is -2.21. The zero-order valence-corrected chi connectivity index (χ0v) is 13.7. The molecular weight excluding hydrogens is 306 g/mol. The summed E-state index contributed by atoms with van der Waals surface area (Å²) in [6.45, 7) is 1.99. The molecule has 1 aliphatic carbocycles. The molecule has 126 valence electrons. The van der Waals surface area contributed by atoms with Crippen LogP contribution in [0.2, 0.25) is 0 Å². The van der Waals surface area contributed by atoms with Crippen molar-refractivity contribution in [2.24, 2.45) is 0 Å². The van der Waals surface area contributed by atoms with Crippen molar-refractivity contribution < 1.29 is 9.59 Å². The van der Waals surface area contributed by atoms with E-state index in [0.717, 1.165) is 18.4 Å². The second-order valence-corrected chi connectivity index (χ2v) is 5.98. The van der Waals surface area contributed by atoms with Crippen LogP contribution in [-0.2, 0) is 22.4 Å². The van der Waals surface area contributed by atoms with Crippen LogP contribution in [-0.4, -0.2) is 26.7 Å². The van der Waals surface area contributed by atoms with Crippen molar-refractivity contribution in [1.82, 2.24) is 20.2 Å². The number of hydrogen-bond donors (Lipinski definition) is 2. The molecule has 3 rings (SSSR count). The summed E-state index contributed by atoms with van der Waals surface area (Å²) in [7, 11) is 0. The summed E-state index contributed by atoms with van der Waals surface area (Å²) in [6, 6.07) is 6.18. The van der Waals surface area contributed by atoms with Crippen LogP contribution >= 0.6 is 0 Å². The zero-order valence-electron chi connectivity index (χ0n) is 13.7. The number of benzene rings is 1. The van der Waals surface area contributed by atoms with Gasteiger partial charge in [0.15, 0.2) is 0 Å².